The highest BCUT2D eigenvalue weighted by Gasteiger charge is 2.14. The number of nitrogens with zero attached hydrogens (tertiary/aromatic N) is 2. The number of aromatic nitrogens is 3. The van der Waals surface area contributed by atoms with Gasteiger partial charge in [0.25, 0.3) is 0 Å². The zero-order valence-corrected chi connectivity index (χ0v) is 12.6. The molecule has 1 heterocycles. The molecule has 1 aromatic carbocycles. The molecule has 0 aliphatic heterocycles. The predicted octanol–water partition coefficient (Wildman–Crippen LogP) is 2.46. The fraction of sp³-hybridized carbons (Fsp3) is 0.385. The smallest absolute Gasteiger partial charge is 0.343 e. The van der Waals surface area contributed by atoms with Crippen molar-refractivity contribution in [1.82, 2.24) is 14.8 Å². The molecular weight excluding hydrogens is 298 g/mol. The van der Waals surface area contributed by atoms with Crippen LogP contribution in [0.15, 0.2) is 34.2 Å². The summed E-state index contributed by atoms with van der Waals surface area (Å²) >= 11 is 7.37. The third-order valence-electron chi connectivity index (χ3n) is 2.80. The highest BCUT2D eigenvalue weighted by molar-refractivity contribution is 7.99. The van der Waals surface area contributed by atoms with Gasteiger partial charge < -0.3 is 5.11 Å². The number of thioether (sulfide) groups is 1. The minimum absolute atomic E-state index is 0.221. The molecule has 0 radical (unpaired) electrons. The molecule has 0 spiro atoms. The fourth-order valence-corrected chi connectivity index (χ4v) is 3.01. The van der Waals surface area contributed by atoms with Gasteiger partial charge in [0.1, 0.15) is 0 Å². The zero-order chi connectivity index (χ0) is 14.5. The van der Waals surface area contributed by atoms with Crippen LogP contribution in [-0.2, 0) is 6.54 Å². The van der Waals surface area contributed by atoms with Gasteiger partial charge in [0, 0.05) is 17.3 Å². The number of rotatable bonds is 6. The van der Waals surface area contributed by atoms with Crippen LogP contribution in [0.4, 0.5) is 0 Å². The second-order valence-corrected chi connectivity index (χ2v) is 5.71. The number of aliphatic hydroxyl groups is 1. The minimum Gasteiger partial charge on any atom is -0.387 e. The van der Waals surface area contributed by atoms with Crippen molar-refractivity contribution in [2.24, 2.45) is 0 Å². The molecule has 2 N–H and O–H groups in total. The van der Waals surface area contributed by atoms with Crippen LogP contribution in [0, 0.1) is 0 Å². The van der Waals surface area contributed by atoms with Crippen molar-refractivity contribution in [3.05, 3.63) is 45.3 Å². The maximum Gasteiger partial charge on any atom is 0.343 e. The van der Waals surface area contributed by atoms with Crippen molar-refractivity contribution in [2.75, 3.05) is 5.75 Å². The summed E-state index contributed by atoms with van der Waals surface area (Å²) in [6, 6.07) is 7.18. The lowest BCUT2D eigenvalue weighted by Gasteiger charge is -2.12. The lowest BCUT2D eigenvalue weighted by atomic mass is 10.1. The summed E-state index contributed by atoms with van der Waals surface area (Å²) in [5, 5.41) is 17.7. The van der Waals surface area contributed by atoms with Gasteiger partial charge in [-0.05, 0) is 18.1 Å². The highest BCUT2D eigenvalue weighted by atomic mass is 35.5. The molecule has 2 aromatic rings. The van der Waals surface area contributed by atoms with Crippen molar-refractivity contribution in [2.45, 2.75) is 31.1 Å². The summed E-state index contributed by atoms with van der Waals surface area (Å²) in [6.45, 7) is 2.60. The van der Waals surface area contributed by atoms with Gasteiger partial charge in [-0.2, -0.15) is 0 Å². The van der Waals surface area contributed by atoms with Crippen molar-refractivity contribution in [3.8, 4) is 0 Å². The summed E-state index contributed by atoms with van der Waals surface area (Å²) in [5.41, 5.74) is 0.461. The first kappa shape index (κ1) is 15.2. The van der Waals surface area contributed by atoms with Gasteiger partial charge >= 0.3 is 5.69 Å². The Morgan fingerprint density at radius 2 is 2.25 bits per heavy atom. The largest absolute Gasteiger partial charge is 0.387 e. The molecule has 1 atom stereocenters. The van der Waals surface area contributed by atoms with Crippen LogP contribution >= 0.6 is 23.4 Å². The average molecular weight is 314 g/mol. The van der Waals surface area contributed by atoms with Crippen LogP contribution in [-0.4, -0.2) is 25.6 Å². The Balaban J connectivity index is 2.06. The summed E-state index contributed by atoms with van der Waals surface area (Å²) in [5.74, 6) is 0.387. The van der Waals surface area contributed by atoms with Gasteiger partial charge in [0.2, 0.25) is 0 Å². The van der Waals surface area contributed by atoms with Crippen LogP contribution in [0.1, 0.15) is 25.0 Å². The van der Waals surface area contributed by atoms with Crippen LogP contribution < -0.4 is 5.69 Å². The van der Waals surface area contributed by atoms with Gasteiger partial charge in [-0.3, -0.25) is 4.57 Å². The van der Waals surface area contributed by atoms with Crippen LogP contribution in [0.25, 0.3) is 0 Å². The minimum atomic E-state index is -0.699. The number of halogens is 1. The van der Waals surface area contributed by atoms with Gasteiger partial charge in [0.15, 0.2) is 5.16 Å². The maximum absolute atomic E-state index is 11.5. The lowest BCUT2D eigenvalue weighted by Crippen LogP contribution is -2.17. The summed E-state index contributed by atoms with van der Waals surface area (Å²) in [6.07, 6.45) is 0.149. The number of H-pyrrole nitrogens is 1. The normalized spacial score (nSPS) is 12.6. The van der Waals surface area contributed by atoms with Gasteiger partial charge in [-0.1, -0.05) is 48.5 Å². The second-order valence-electron chi connectivity index (χ2n) is 4.31. The molecule has 0 aliphatic rings. The van der Waals surface area contributed by atoms with Crippen molar-refractivity contribution < 1.29 is 5.11 Å². The van der Waals surface area contributed by atoms with Crippen LogP contribution in [0.5, 0.6) is 0 Å². The number of hydrogen-bond acceptors (Lipinski definition) is 4. The fourth-order valence-electron chi connectivity index (χ4n) is 1.82. The third-order valence-corrected chi connectivity index (χ3v) is 4.20. The lowest BCUT2D eigenvalue weighted by molar-refractivity contribution is 0.204. The number of nitrogens with one attached hydrogen (secondary N) is 1. The average Bonchev–Trinajstić information content (AvgIpc) is 2.78. The number of aliphatic hydroxyl groups excluding tert-OH is 1. The Kier molecular flexibility index (Phi) is 5.28. The van der Waals surface area contributed by atoms with E-state index in [1.807, 2.05) is 19.1 Å². The van der Waals surface area contributed by atoms with E-state index in [-0.39, 0.29) is 5.69 Å². The molecule has 0 saturated heterocycles. The van der Waals surface area contributed by atoms with E-state index < -0.39 is 6.10 Å². The van der Waals surface area contributed by atoms with Crippen molar-refractivity contribution >= 4 is 23.4 Å². The maximum atomic E-state index is 11.5. The molecule has 1 aromatic heterocycles. The molecule has 2 rings (SSSR count). The number of hydrogen-bond donors (Lipinski definition) is 2. The van der Waals surface area contributed by atoms with E-state index in [0.717, 1.165) is 6.42 Å². The molecule has 0 fully saturated rings. The first-order chi connectivity index (χ1) is 9.63. The Morgan fingerprint density at radius 1 is 1.50 bits per heavy atom. The van der Waals surface area contributed by atoms with E-state index in [2.05, 4.69) is 10.2 Å². The van der Waals surface area contributed by atoms with Crippen molar-refractivity contribution in [1.29, 1.82) is 0 Å². The third kappa shape index (κ3) is 3.45. The van der Waals surface area contributed by atoms with E-state index >= 15 is 0 Å². The first-order valence-electron chi connectivity index (χ1n) is 6.34. The monoisotopic (exact) mass is 313 g/mol. The molecule has 0 bridgehead atoms. The van der Waals surface area contributed by atoms with E-state index in [4.69, 9.17) is 11.6 Å². The molecule has 108 valence electrons. The van der Waals surface area contributed by atoms with E-state index in [0.29, 0.717) is 28.0 Å². The molecule has 0 unspecified atom stereocenters. The summed E-state index contributed by atoms with van der Waals surface area (Å²) < 4.78 is 1.57. The molecule has 7 heteroatoms. The van der Waals surface area contributed by atoms with E-state index in [1.165, 1.54) is 11.8 Å². The number of aromatic amines is 1. The Labute approximate surface area is 126 Å². The summed E-state index contributed by atoms with van der Waals surface area (Å²) in [4.78, 5) is 11.5. The standard InChI is InChI=1S/C13H16ClN3O2S/c1-2-7-17-12(19)15-16-13(17)20-8-11(18)9-5-3-4-6-10(9)14/h3-6,11,18H,2,7-8H2,1H3,(H,15,19)/t11-/m1/s1. The highest BCUT2D eigenvalue weighted by Crippen LogP contribution is 2.27. The molecular formula is C13H16ClN3O2S. The molecule has 20 heavy (non-hydrogen) atoms. The topological polar surface area (TPSA) is 70.9 Å². The van der Waals surface area contributed by atoms with E-state index in [1.54, 1.807) is 16.7 Å². The quantitative estimate of drug-likeness (QED) is 0.804. The molecule has 0 saturated carbocycles. The Morgan fingerprint density at radius 3 is 2.95 bits per heavy atom. The molecule has 5 nitrogen and oxygen atoms in total. The molecule has 0 amide bonds. The Bertz CT molecular complexity index is 626. The van der Waals surface area contributed by atoms with E-state index in [9.17, 15) is 9.90 Å². The first-order valence-corrected chi connectivity index (χ1v) is 7.70. The van der Waals surface area contributed by atoms with Gasteiger partial charge in [-0.25, -0.2) is 9.89 Å². The second kappa shape index (κ2) is 6.97. The van der Waals surface area contributed by atoms with Crippen LogP contribution in [0.3, 0.4) is 0 Å². The number of benzene rings is 1. The predicted molar refractivity (Wildman–Crippen MR) is 80.3 cm³/mol. The van der Waals surface area contributed by atoms with Gasteiger partial charge in [0.05, 0.1) is 6.10 Å². The SMILES string of the molecule is CCCn1c(SC[C@@H](O)c2ccccc2Cl)n[nH]c1=O. The summed E-state index contributed by atoms with van der Waals surface area (Å²) in [7, 11) is 0. The van der Waals surface area contributed by atoms with Gasteiger partial charge in [-0.15, -0.1) is 5.10 Å². The van der Waals surface area contributed by atoms with Crippen LogP contribution in [0.2, 0.25) is 5.02 Å². The van der Waals surface area contributed by atoms with Crippen molar-refractivity contribution in [3.63, 3.8) is 0 Å². The zero-order valence-electron chi connectivity index (χ0n) is 11.0. The Hall–Kier alpha value is -1.24. The molecule has 0 aliphatic carbocycles.